The standard InChI is InChI=1S/C9H16N2/c1-7-5-9(2,3)6-8(10-4)11-7/h5H,6H2,1-4H3,(H,10,11). The molecule has 2 nitrogen and oxygen atoms in total. The minimum Gasteiger partial charge on any atom is -0.348 e. The number of hydrogen-bond acceptors (Lipinski definition) is 1. The Hall–Kier alpha value is -0.790. The molecule has 0 fully saturated rings. The summed E-state index contributed by atoms with van der Waals surface area (Å²) in [6.45, 7) is 6.52. The van der Waals surface area contributed by atoms with Gasteiger partial charge in [-0.3, -0.25) is 4.99 Å². The fraction of sp³-hybridized carbons (Fsp3) is 0.667. The number of rotatable bonds is 0. The highest BCUT2D eigenvalue weighted by Gasteiger charge is 2.22. The first-order valence-electron chi connectivity index (χ1n) is 3.96. The van der Waals surface area contributed by atoms with Crippen molar-refractivity contribution in [3.05, 3.63) is 11.8 Å². The summed E-state index contributed by atoms with van der Waals surface area (Å²) >= 11 is 0. The quantitative estimate of drug-likeness (QED) is 0.563. The van der Waals surface area contributed by atoms with Crippen molar-refractivity contribution in [2.75, 3.05) is 7.05 Å². The molecule has 0 aliphatic carbocycles. The number of nitrogens with zero attached hydrogens (tertiary/aromatic N) is 1. The maximum Gasteiger partial charge on any atom is 0.101 e. The molecule has 0 aromatic carbocycles. The van der Waals surface area contributed by atoms with Crippen molar-refractivity contribution in [2.45, 2.75) is 27.2 Å². The van der Waals surface area contributed by atoms with Gasteiger partial charge in [0.05, 0.1) is 0 Å². The van der Waals surface area contributed by atoms with Crippen molar-refractivity contribution in [2.24, 2.45) is 10.4 Å². The molecule has 0 saturated carbocycles. The monoisotopic (exact) mass is 152 g/mol. The van der Waals surface area contributed by atoms with Crippen LogP contribution in [0, 0.1) is 5.41 Å². The van der Waals surface area contributed by atoms with E-state index in [-0.39, 0.29) is 5.41 Å². The van der Waals surface area contributed by atoms with Gasteiger partial charge < -0.3 is 5.32 Å². The van der Waals surface area contributed by atoms with Gasteiger partial charge in [0.15, 0.2) is 0 Å². The van der Waals surface area contributed by atoms with E-state index in [0.29, 0.717) is 0 Å². The van der Waals surface area contributed by atoms with Gasteiger partial charge in [-0.15, -0.1) is 0 Å². The molecule has 1 aliphatic rings. The van der Waals surface area contributed by atoms with Gasteiger partial charge in [-0.2, -0.15) is 0 Å². The Labute approximate surface area is 68.4 Å². The van der Waals surface area contributed by atoms with Crippen LogP contribution in [0.5, 0.6) is 0 Å². The molecule has 1 aliphatic heterocycles. The number of allylic oxidation sites excluding steroid dienone is 2. The van der Waals surface area contributed by atoms with E-state index in [0.717, 1.165) is 12.3 Å². The Balaban J connectivity index is 2.86. The van der Waals surface area contributed by atoms with Gasteiger partial charge in [-0.25, -0.2) is 0 Å². The first-order valence-corrected chi connectivity index (χ1v) is 3.96. The Morgan fingerprint density at radius 3 is 2.64 bits per heavy atom. The molecular formula is C9H16N2. The molecule has 62 valence electrons. The lowest BCUT2D eigenvalue weighted by atomic mass is 9.85. The van der Waals surface area contributed by atoms with Crippen LogP contribution < -0.4 is 5.32 Å². The van der Waals surface area contributed by atoms with Gasteiger partial charge >= 0.3 is 0 Å². The molecule has 1 N–H and O–H groups in total. The smallest absolute Gasteiger partial charge is 0.101 e. The van der Waals surface area contributed by atoms with Crippen molar-refractivity contribution in [3.8, 4) is 0 Å². The van der Waals surface area contributed by atoms with Crippen LogP contribution >= 0.6 is 0 Å². The van der Waals surface area contributed by atoms with Crippen LogP contribution in [-0.4, -0.2) is 12.9 Å². The molecule has 2 heteroatoms. The third kappa shape index (κ3) is 2.07. The van der Waals surface area contributed by atoms with Gasteiger partial charge in [0.2, 0.25) is 0 Å². The number of nitrogens with one attached hydrogen (secondary N) is 1. The maximum atomic E-state index is 4.16. The maximum absolute atomic E-state index is 4.16. The summed E-state index contributed by atoms with van der Waals surface area (Å²) in [5.74, 6) is 1.09. The molecule has 0 saturated heterocycles. The average Bonchev–Trinajstić information content (AvgIpc) is 1.83. The van der Waals surface area contributed by atoms with Gasteiger partial charge in [-0.05, 0) is 12.3 Å². The highest BCUT2D eigenvalue weighted by Crippen LogP contribution is 2.26. The highest BCUT2D eigenvalue weighted by molar-refractivity contribution is 5.85. The Kier molecular flexibility index (Phi) is 2.03. The summed E-state index contributed by atoms with van der Waals surface area (Å²) < 4.78 is 0. The molecule has 11 heavy (non-hydrogen) atoms. The summed E-state index contributed by atoms with van der Waals surface area (Å²) in [6.07, 6.45) is 3.27. The fourth-order valence-electron chi connectivity index (χ4n) is 1.51. The minimum atomic E-state index is 0.268. The fourth-order valence-corrected chi connectivity index (χ4v) is 1.51. The predicted octanol–water partition coefficient (Wildman–Crippen LogP) is 1.94. The molecule has 0 aromatic rings. The second-order valence-corrected chi connectivity index (χ2v) is 3.79. The zero-order valence-corrected chi connectivity index (χ0v) is 7.73. The lowest BCUT2D eigenvalue weighted by molar-refractivity contribution is 0.481. The second kappa shape index (κ2) is 2.68. The van der Waals surface area contributed by atoms with Gasteiger partial charge in [-0.1, -0.05) is 19.9 Å². The molecule has 1 heterocycles. The molecule has 0 aromatic heterocycles. The van der Waals surface area contributed by atoms with E-state index >= 15 is 0 Å². The summed E-state index contributed by atoms with van der Waals surface area (Å²) in [4.78, 5) is 4.16. The Morgan fingerprint density at radius 2 is 2.18 bits per heavy atom. The number of hydrogen-bond donors (Lipinski definition) is 1. The van der Waals surface area contributed by atoms with Crippen LogP contribution in [-0.2, 0) is 0 Å². The summed E-state index contributed by atoms with van der Waals surface area (Å²) in [6, 6.07) is 0. The van der Waals surface area contributed by atoms with Gasteiger partial charge in [0.1, 0.15) is 5.84 Å². The van der Waals surface area contributed by atoms with Crippen molar-refractivity contribution >= 4 is 5.84 Å². The van der Waals surface area contributed by atoms with Crippen LogP contribution in [0.2, 0.25) is 0 Å². The largest absolute Gasteiger partial charge is 0.348 e. The van der Waals surface area contributed by atoms with Crippen LogP contribution in [0.3, 0.4) is 0 Å². The predicted molar refractivity (Wildman–Crippen MR) is 48.6 cm³/mol. The van der Waals surface area contributed by atoms with E-state index < -0.39 is 0 Å². The zero-order valence-electron chi connectivity index (χ0n) is 7.73. The molecule has 0 amide bonds. The molecule has 0 atom stereocenters. The van der Waals surface area contributed by atoms with Crippen LogP contribution in [0.15, 0.2) is 16.8 Å². The normalized spacial score (nSPS) is 26.2. The van der Waals surface area contributed by atoms with E-state index in [9.17, 15) is 0 Å². The molecule has 0 radical (unpaired) electrons. The topological polar surface area (TPSA) is 24.4 Å². The lowest BCUT2D eigenvalue weighted by Crippen LogP contribution is -2.32. The Bertz CT molecular complexity index is 212. The van der Waals surface area contributed by atoms with Crippen LogP contribution in [0.4, 0.5) is 0 Å². The van der Waals surface area contributed by atoms with Gasteiger partial charge in [0.25, 0.3) is 0 Å². The van der Waals surface area contributed by atoms with Crippen molar-refractivity contribution < 1.29 is 0 Å². The molecule has 1 rings (SSSR count). The summed E-state index contributed by atoms with van der Waals surface area (Å²) in [7, 11) is 1.83. The zero-order chi connectivity index (χ0) is 8.48. The molecule has 0 spiro atoms. The van der Waals surface area contributed by atoms with E-state index in [2.05, 4.69) is 37.2 Å². The van der Waals surface area contributed by atoms with E-state index in [1.165, 1.54) is 5.70 Å². The van der Waals surface area contributed by atoms with Gasteiger partial charge in [0, 0.05) is 19.2 Å². The van der Waals surface area contributed by atoms with E-state index in [1.54, 1.807) is 0 Å². The first kappa shape index (κ1) is 8.31. The third-order valence-corrected chi connectivity index (χ3v) is 1.84. The lowest BCUT2D eigenvalue weighted by Gasteiger charge is -2.28. The number of aliphatic imine (C=N–C) groups is 1. The van der Waals surface area contributed by atoms with Crippen LogP contribution in [0.1, 0.15) is 27.2 Å². The average molecular weight is 152 g/mol. The molecule has 0 bridgehead atoms. The van der Waals surface area contributed by atoms with E-state index in [4.69, 9.17) is 0 Å². The van der Waals surface area contributed by atoms with Crippen molar-refractivity contribution in [1.29, 1.82) is 0 Å². The summed E-state index contributed by atoms with van der Waals surface area (Å²) in [5.41, 5.74) is 1.48. The minimum absolute atomic E-state index is 0.268. The first-order chi connectivity index (χ1) is 5.03. The second-order valence-electron chi connectivity index (χ2n) is 3.79. The highest BCUT2D eigenvalue weighted by atomic mass is 15.0. The number of amidine groups is 1. The molecule has 0 unspecified atom stereocenters. The van der Waals surface area contributed by atoms with Crippen molar-refractivity contribution in [3.63, 3.8) is 0 Å². The SMILES string of the molecule is CN=C1CC(C)(C)C=C(C)N1. The van der Waals surface area contributed by atoms with Crippen LogP contribution in [0.25, 0.3) is 0 Å². The Morgan fingerprint density at radius 1 is 1.55 bits per heavy atom. The van der Waals surface area contributed by atoms with Crippen molar-refractivity contribution in [1.82, 2.24) is 5.32 Å². The molecular weight excluding hydrogens is 136 g/mol. The third-order valence-electron chi connectivity index (χ3n) is 1.84. The summed E-state index contributed by atoms with van der Waals surface area (Å²) in [5, 5.41) is 3.23. The van der Waals surface area contributed by atoms with E-state index in [1.807, 2.05) is 7.05 Å².